The standard InChI is InChI=1S/C19H18BrNO2/c1-12-5-3-4-6-16(12)19(23)21-10-9-14-11-15(7-8-17(14)21)18(22)13(2)20/h3-8,11,13H,9-10H2,1-2H3/t13-/m1/s1. The molecule has 1 atom stereocenters. The van der Waals surface area contributed by atoms with Crippen molar-refractivity contribution in [2.45, 2.75) is 25.1 Å². The van der Waals surface area contributed by atoms with Crippen molar-refractivity contribution in [2.75, 3.05) is 11.4 Å². The maximum Gasteiger partial charge on any atom is 0.258 e. The number of ketones is 1. The smallest absolute Gasteiger partial charge is 0.258 e. The number of halogens is 1. The molecule has 0 radical (unpaired) electrons. The Morgan fingerprint density at radius 2 is 1.91 bits per heavy atom. The molecule has 3 rings (SSSR count). The van der Waals surface area contributed by atoms with Crippen LogP contribution in [0.1, 0.15) is 38.8 Å². The van der Waals surface area contributed by atoms with E-state index < -0.39 is 0 Å². The molecule has 0 fully saturated rings. The van der Waals surface area contributed by atoms with Crippen molar-refractivity contribution < 1.29 is 9.59 Å². The Labute approximate surface area is 144 Å². The minimum absolute atomic E-state index is 0.0230. The van der Waals surface area contributed by atoms with Crippen LogP contribution in [0.5, 0.6) is 0 Å². The summed E-state index contributed by atoms with van der Waals surface area (Å²) in [5, 5.41) is 0. The zero-order chi connectivity index (χ0) is 16.6. The Morgan fingerprint density at radius 1 is 1.17 bits per heavy atom. The van der Waals surface area contributed by atoms with Gasteiger partial charge in [-0.3, -0.25) is 9.59 Å². The summed E-state index contributed by atoms with van der Waals surface area (Å²) in [6.45, 7) is 4.43. The first kappa shape index (κ1) is 15.9. The second-order valence-corrected chi connectivity index (χ2v) is 7.22. The lowest BCUT2D eigenvalue weighted by atomic mass is 10.0. The highest BCUT2D eigenvalue weighted by molar-refractivity contribution is 9.10. The van der Waals surface area contributed by atoms with Crippen molar-refractivity contribution in [3.05, 3.63) is 64.7 Å². The molecule has 1 aliphatic heterocycles. The van der Waals surface area contributed by atoms with E-state index in [-0.39, 0.29) is 16.5 Å². The van der Waals surface area contributed by atoms with Crippen molar-refractivity contribution in [3.8, 4) is 0 Å². The summed E-state index contributed by atoms with van der Waals surface area (Å²) in [6.07, 6.45) is 0.782. The maximum atomic E-state index is 12.8. The van der Waals surface area contributed by atoms with Gasteiger partial charge in [0.25, 0.3) is 5.91 Å². The Bertz CT molecular complexity index is 783. The monoisotopic (exact) mass is 371 g/mol. The van der Waals surface area contributed by atoms with E-state index in [9.17, 15) is 9.59 Å². The fraction of sp³-hybridized carbons (Fsp3) is 0.263. The fourth-order valence-electron chi connectivity index (χ4n) is 2.95. The highest BCUT2D eigenvalue weighted by atomic mass is 79.9. The SMILES string of the molecule is Cc1ccccc1C(=O)N1CCc2cc(C(=O)[C@@H](C)Br)ccc21. The van der Waals surface area contributed by atoms with E-state index in [0.717, 1.165) is 28.8 Å². The van der Waals surface area contributed by atoms with Crippen molar-refractivity contribution in [2.24, 2.45) is 0 Å². The molecule has 0 aromatic heterocycles. The molecule has 0 N–H and O–H groups in total. The van der Waals surface area contributed by atoms with E-state index in [0.29, 0.717) is 12.1 Å². The number of carbonyl (C=O) groups excluding carboxylic acids is 2. The molecule has 118 valence electrons. The molecule has 23 heavy (non-hydrogen) atoms. The lowest BCUT2D eigenvalue weighted by Crippen LogP contribution is -2.29. The highest BCUT2D eigenvalue weighted by Gasteiger charge is 2.27. The first-order valence-electron chi connectivity index (χ1n) is 7.67. The number of amides is 1. The van der Waals surface area contributed by atoms with Crippen LogP contribution in [0.4, 0.5) is 5.69 Å². The predicted molar refractivity (Wildman–Crippen MR) is 95.7 cm³/mol. The molecule has 3 nitrogen and oxygen atoms in total. The Hall–Kier alpha value is -1.94. The normalized spacial score (nSPS) is 14.5. The van der Waals surface area contributed by atoms with Crippen LogP contribution in [0.25, 0.3) is 0 Å². The van der Waals surface area contributed by atoms with Gasteiger partial charge in [-0.15, -0.1) is 0 Å². The van der Waals surface area contributed by atoms with E-state index >= 15 is 0 Å². The molecule has 0 saturated heterocycles. The quantitative estimate of drug-likeness (QED) is 0.599. The molecule has 2 aromatic rings. The molecule has 0 saturated carbocycles. The third-order valence-electron chi connectivity index (χ3n) is 4.24. The Balaban J connectivity index is 1.92. The number of nitrogens with zero attached hydrogens (tertiary/aromatic N) is 1. The number of Topliss-reactive ketones (excluding diaryl/α,β-unsaturated/α-hetero) is 1. The average molecular weight is 372 g/mol. The zero-order valence-corrected chi connectivity index (χ0v) is 14.8. The van der Waals surface area contributed by atoms with Crippen LogP contribution in [0.15, 0.2) is 42.5 Å². The molecule has 0 spiro atoms. The second kappa shape index (κ2) is 6.28. The van der Waals surface area contributed by atoms with Gasteiger partial charge in [-0.25, -0.2) is 0 Å². The van der Waals surface area contributed by atoms with E-state index in [2.05, 4.69) is 15.9 Å². The van der Waals surface area contributed by atoms with Gasteiger partial charge >= 0.3 is 0 Å². The summed E-state index contributed by atoms with van der Waals surface area (Å²) in [4.78, 5) is 26.5. The summed E-state index contributed by atoms with van der Waals surface area (Å²) in [5.74, 6) is 0.0891. The zero-order valence-electron chi connectivity index (χ0n) is 13.2. The molecule has 1 amide bonds. The van der Waals surface area contributed by atoms with E-state index in [4.69, 9.17) is 0 Å². The summed E-state index contributed by atoms with van der Waals surface area (Å²) in [6, 6.07) is 13.2. The Morgan fingerprint density at radius 3 is 2.61 bits per heavy atom. The Kier molecular flexibility index (Phi) is 4.35. The van der Waals surface area contributed by atoms with Crippen LogP contribution in [0.2, 0.25) is 0 Å². The number of rotatable bonds is 3. The molecule has 4 heteroatoms. The molecule has 0 unspecified atom stereocenters. The number of anilines is 1. The second-order valence-electron chi connectivity index (χ2n) is 5.85. The third-order valence-corrected chi connectivity index (χ3v) is 4.66. The lowest BCUT2D eigenvalue weighted by Gasteiger charge is -2.18. The average Bonchev–Trinajstić information content (AvgIpc) is 2.96. The number of aryl methyl sites for hydroxylation is 1. The summed E-state index contributed by atoms with van der Waals surface area (Å²) < 4.78 is 0. The van der Waals surface area contributed by atoms with Gasteiger partial charge in [-0.05, 0) is 55.7 Å². The van der Waals surface area contributed by atoms with E-state index in [1.54, 1.807) is 0 Å². The van der Waals surface area contributed by atoms with Gasteiger partial charge in [-0.2, -0.15) is 0 Å². The van der Waals surface area contributed by atoms with Gasteiger partial charge in [0.05, 0.1) is 4.83 Å². The summed E-state index contributed by atoms with van der Waals surface area (Å²) in [5.41, 5.74) is 4.38. The topological polar surface area (TPSA) is 37.4 Å². The van der Waals surface area contributed by atoms with Crippen LogP contribution in [0, 0.1) is 6.92 Å². The fourth-order valence-corrected chi connectivity index (χ4v) is 3.22. The van der Waals surface area contributed by atoms with E-state index in [1.165, 1.54) is 0 Å². The summed E-state index contributed by atoms with van der Waals surface area (Å²) in [7, 11) is 0. The molecular formula is C19H18BrNO2. The maximum absolute atomic E-state index is 12.8. The predicted octanol–water partition coefficient (Wildman–Crippen LogP) is 4.16. The van der Waals surface area contributed by atoms with Crippen LogP contribution in [-0.4, -0.2) is 23.1 Å². The van der Waals surface area contributed by atoms with Gasteiger partial charge in [0.2, 0.25) is 0 Å². The van der Waals surface area contributed by atoms with Crippen LogP contribution >= 0.6 is 15.9 Å². The van der Waals surface area contributed by atoms with Crippen LogP contribution in [0.3, 0.4) is 0 Å². The molecule has 1 heterocycles. The first-order valence-corrected chi connectivity index (χ1v) is 8.59. The van der Waals surface area contributed by atoms with Gasteiger partial charge in [0, 0.05) is 23.4 Å². The molecule has 0 bridgehead atoms. The van der Waals surface area contributed by atoms with Gasteiger partial charge in [0.1, 0.15) is 0 Å². The number of carbonyl (C=O) groups is 2. The number of hydrogen-bond donors (Lipinski definition) is 0. The third kappa shape index (κ3) is 2.95. The van der Waals surface area contributed by atoms with Crippen molar-refractivity contribution >= 4 is 33.3 Å². The molecule has 0 aliphatic carbocycles. The van der Waals surface area contributed by atoms with Gasteiger partial charge < -0.3 is 4.90 Å². The number of fused-ring (bicyclic) bond motifs is 1. The first-order chi connectivity index (χ1) is 11.0. The van der Waals surface area contributed by atoms with Crippen molar-refractivity contribution in [3.63, 3.8) is 0 Å². The molecule has 1 aliphatic rings. The van der Waals surface area contributed by atoms with E-state index in [1.807, 2.05) is 61.2 Å². The highest BCUT2D eigenvalue weighted by Crippen LogP contribution is 2.31. The summed E-state index contributed by atoms with van der Waals surface area (Å²) >= 11 is 3.32. The molecule has 2 aromatic carbocycles. The number of alkyl halides is 1. The minimum atomic E-state index is -0.202. The van der Waals surface area contributed by atoms with Crippen LogP contribution < -0.4 is 4.90 Å². The molecular weight excluding hydrogens is 354 g/mol. The van der Waals surface area contributed by atoms with Gasteiger partial charge in [0.15, 0.2) is 5.78 Å². The lowest BCUT2D eigenvalue weighted by molar-refractivity contribution is 0.0984. The van der Waals surface area contributed by atoms with Crippen LogP contribution in [-0.2, 0) is 6.42 Å². The van der Waals surface area contributed by atoms with Crippen molar-refractivity contribution in [1.29, 1.82) is 0 Å². The number of hydrogen-bond acceptors (Lipinski definition) is 2. The number of benzene rings is 2. The minimum Gasteiger partial charge on any atom is -0.308 e. The van der Waals surface area contributed by atoms with Crippen molar-refractivity contribution in [1.82, 2.24) is 0 Å². The van der Waals surface area contributed by atoms with Gasteiger partial charge in [-0.1, -0.05) is 34.1 Å². The largest absolute Gasteiger partial charge is 0.308 e.